The molecule has 7 heteroatoms. The number of hydrogen-bond donors (Lipinski definition) is 3. The zero-order chi connectivity index (χ0) is 14.7. The second kappa shape index (κ2) is 5.84. The number of hydrogen-bond acceptors (Lipinski definition) is 4. The van der Waals surface area contributed by atoms with Crippen molar-refractivity contribution in [3.8, 4) is 11.1 Å². The number of nitrogen functional groups attached to an aromatic ring is 1. The second-order valence-corrected chi connectivity index (χ2v) is 4.76. The molecular formula is C14H17N5O2. The van der Waals surface area contributed by atoms with E-state index in [1.807, 2.05) is 30.3 Å². The van der Waals surface area contributed by atoms with Crippen molar-refractivity contribution in [3.05, 3.63) is 30.3 Å². The zero-order valence-electron chi connectivity index (χ0n) is 11.5. The Hall–Kier alpha value is -2.54. The number of nitrogens with one attached hydrogen (secondary N) is 2. The van der Waals surface area contributed by atoms with E-state index in [0.717, 1.165) is 5.56 Å². The Morgan fingerprint density at radius 2 is 2.00 bits per heavy atom. The van der Waals surface area contributed by atoms with Gasteiger partial charge in [-0.2, -0.15) is 5.10 Å². The van der Waals surface area contributed by atoms with Crippen molar-refractivity contribution in [2.24, 2.45) is 0 Å². The van der Waals surface area contributed by atoms with Gasteiger partial charge in [0, 0.05) is 13.1 Å². The van der Waals surface area contributed by atoms with Gasteiger partial charge in [0.05, 0.1) is 18.8 Å². The van der Waals surface area contributed by atoms with Crippen LogP contribution in [0.15, 0.2) is 30.3 Å². The number of anilines is 2. The van der Waals surface area contributed by atoms with Gasteiger partial charge >= 0.3 is 6.03 Å². The average Bonchev–Trinajstić information content (AvgIpc) is 2.89. The number of aromatic nitrogens is 2. The van der Waals surface area contributed by atoms with Crippen LogP contribution in [0.3, 0.4) is 0 Å². The summed E-state index contributed by atoms with van der Waals surface area (Å²) >= 11 is 0. The summed E-state index contributed by atoms with van der Waals surface area (Å²) in [6.07, 6.45) is 0. The number of benzene rings is 1. The lowest BCUT2D eigenvalue weighted by Crippen LogP contribution is -2.43. The molecule has 1 aromatic heterocycles. The first-order valence-electron chi connectivity index (χ1n) is 6.78. The van der Waals surface area contributed by atoms with Crippen LogP contribution in [0.25, 0.3) is 11.1 Å². The number of carbonyl (C=O) groups excluding carboxylic acids is 1. The number of nitrogens with zero attached hydrogens (tertiary/aromatic N) is 2. The van der Waals surface area contributed by atoms with Crippen LogP contribution < -0.4 is 11.1 Å². The molecule has 1 aliphatic heterocycles. The van der Waals surface area contributed by atoms with Crippen LogP contribution in [0.5, 0.6) is 0 Å². The molecule has 1 aromatic carbocycles. The molecule has 2 amide bonds. The number of urea groups is 1. The minimum absolute atomic E-state index is 0.193. The summed E-state index contributed by atoms with van der Waals surface area (Å²) in [5, 5.41) is 9.61. The molecule has 2 aromatic rings. The highest BCUT2D eigenvalue weighted by Gasteiger charge is 2.20. The van der Waals surface area contributed by atoms with Gasteiger partial charge in [0.25, 0.3) is 0 Å². The van der Waals surface area contributed by atoms with E-state index in [1.165, 1.54) is 0 Å². The summed E-state index contributed by atoms with van der Waals surface area (Å²) in [5.41, 5.74) is 7.53. The lowest BCUT2D eigenvalue weighted by Gasteiger charge is -2.26. The standard InChI is InChI=1S/C14H17N5O2/c15-12-11(10-4-2-1-3-5-10)13(18-17-12)16-14(20)19-6-8-21-9-7-19/h1-5H,6-9H2,(H4,15,16,17,18,20). The molecule has 2 heterocycles. The molecule has 0 radical (unpaired) electrons. The van der Waals surface area contributed by atoms with Crippen LogP contribution in [-0.2, 0) is 4.74 Å². The van der Waals surface area contributed by atoms with E-state index in [0.29, 0.717) is 43.5 Å². The molecule has 21 heavy (non-hydrogen) atoms. The van der Waals surface area contributed by atoms with Crippen molar-refractivity contribution in [1.82, 2.24) is 15.1 Å². The summed E-state index contributed by atoms with van der Waals surface area (Å²) < 4.78 is 5.23. The fourth-order valence-corrected chi connectivity index (χ4v) is 2.29. The molecule has 0 atom stereocenters. The predicted octanol–water partition coefficient (Wildman–Crippen LogP) is 1.52. The number of aromatic amines is 1. The van der Waals surface area contributed by atoms with Crippen molar-refractivity contribution in [2.45, 2.75) is 0 Å². The Morgan fingerprint density at radius 3 is 2.71 bits per heavy atom. The molecule has 0 unspecified atom stereocenters. The van der Waals surface area contributed by atoms with Crippen LogP contribution >= 0.6 is 0 Å². The molecule has 4 N–H and O–H groups in total. The largest absolute Gasteiger partial charge is 0.383 e. The number of H-pyrrole nitrogens is 1. The number of rotatable bonds is 2. The normalized spacial score (nSPS) is 15.0. The Kier molecular flexibility index (Phi) is 3.74. The molecule has 1 saturated heterocycles. The number of carbonyl (C=O) groups is 1. The number of ether oxygens (including phenoxy) is 1. The zero-order valence-corrected chi connectivity index (χ0v) is 11.5. The van der Waals surface area contributed by atoms with Gasteiger partial charge in [0.2, 0.25) is 0 Å². The van der Waals surface area contributed by atoms with Crippen molar-refractivity contribution < 1.29 is 9.53 Å². The SMILES string of the molecule is Nc1[nH]nc(NC(=O)N2CCOCC2)c1-c1ccccc1. The summed E-state index contributed by atoms with van der Waals surface area (Å²) in [5.74, 6) is 0.869. The topological polar surface area (TPSA) is 96.3 Å². The van der Waals surface area contributed by atoms with E-state index >= 15 is 0 Å². The van der Waals surface area contributed by atoms with Crippen LogP contribution in [0.2, 0.25) is 0 Å². The van der Waals surface area contributed by atoms with Gasteiger partial charge in [-0.05, 0) is 5.56 Å². The summed E-state index contributed by atoms with van der Waals surface area (Å²) in [7, 11) is 0. The summed E-state index contributed by atoms with van der Waals surface area (Å²) in [4.78, 5) is 13.9. The van der Waals surface area contributed by atoms with Gasteiger partial charge in [-0.25, -0.2) is 4.79 Å². The third-order valence-electron chi connectivity index (χ3n) is 3.38. The highest BCUT2D eigenvalue weighted by Crippen LogP contribution is 2.31. The molecule has 7 nitrogen and oxygen atoms in total. The Balaban J connectivity index is 1.81. The van der Waals surface area contributed by atoms with Crippen LogP contribution in [0, 0.1) is 0 Å². The third-order valence-corrected chi connectivity index (χ3v) is 3.38. The first kappa shape index (κ1) is 13.4. The van der Waals surface area contributed by atoms with Gasteiger partial charge in [-0.15, -0.1) is 0 Å². The minimum Gasteiger partial charge on any atom is -0.383 e. The monoisotopic (exact) mass is 287 g/mol. The maximum absolute atomic E-state index is 12.2. The molecule has 3 rings (SSSR count). The van der Waals surface area contributed by atoms with Crippen LogP contribution in [0.4, 0.5) is 16.4 Å². The van der Waals surface area contributed by atoms with Gasteiger partial charge in [0.1, 0.15) is 5.82 Å². The smallest absolute Gasteiger partial charge is 0.323 e. The van der Waals surface area contributed by atoms with Crippen molar-refractivity contribution in [2.75, 3.05) is 37.4 Å². The van der Waals surface area contributed by atoms with E-state index < -0.39 is 0 Å². The van der Waals surface area contributed by atoms with Gasteiger partial charge < -0.3 is 15.4 Å². The Bertz CT molecular complexity index is 620. The van der Waals surface area contributed by atoms with Crippen LogP contribution in [0.1, 0.15) is 0 Å². The van der Waals surface area contributed by atoms with Crippen molar-refractivity contribution >= 4 is 17.7 Å². The van der Waals surface area contributed by atoms with Gasteiger partial charge in [-0.3, -0.25) is 10.4 Å². The Morgan fingerprint density at radius 1 is 1.29 bits per heavy atom. The van der Waals surface area contributed by atoms with E-state index in [1.54, 1.807) is 4.90 Å². The lowest BCUT2D eigenvalue weighted by atomic mass is 10.1. The predicted molar refractivity (Wildman–Crippen MR) is 79.8 cm³/mol. The van der Waals surface area contributed by atoms with Crippen molar-refractivity contribution in [1.29, 1.82) is 0 Å². The number of amides is 2. The van der Waals surface area contributed by atoms with E-state index in [-0.39, 0.29) is 6.03 Å². The maximum atomic E-state index is 12.2. The first-order chi connectivity index (χ1) is 10.3. The quantitative estimate of drug-likeness (QED) is 0.780. The van der Waals surface area contributed by atoms with Gasteiger partial charge in [0.15, 0.2) is 5.82 Å². The molecule has 1 fully saturated rings. The Labute approximate surface area is 122 Å². The highest BCUT2D eigenvalue weighted by molar-refractivity contribution is 5.95. The average molecular weight is 287 g/mol. The second-order valence-electron chi connectivity index (χ2n) is 4.76. The summed E-state index contributed by atoms with van der Waals surface area (Å²) in [6.45, 7) is 2.27. The molecule has 1 aliphatic rings. The molecular weight excluding hydrogens is 270 g/mol. The number of nitrogens with two attached hydrogens (primary N) is 1. The van der Waals surface area contributed by atoms with E-state index in [2.05, 4.69) is 15.5 Å². The molecule has 0 saturated carbocycles. The van der Waals surface area contributed by atoms with Crippen LogP contribution in [-0.4, -0.2) is 47.4 Å². The fourth-order valence-electron chi connectivity index (χ4n) is 2.29. The molecule has 0 spiro atoms. The van der Waals surface area contributed by atoms with E-state index in [4.69, 9.17) is 10.5 Å². The highest BCUT2D eigenvalue weighted by atomic mass is 16.5. The first-order valence-corrected chi connectivity index (χ1v) is 6.78. The van der Waals surface area contributed by atoms with Crippen molar-refractivity contribution in [3.63, 3.8) is 0 Å². The lowest BCUT2D eigenvalue weighted by molar-refractivity contribution is 0.0564. The maximum Gasteiger partial charge on any atom is 0.323 e. The molecule has 110 valence electrons. The minimum atomic E-state index is -0.193. The third kappa shape index (κ3) is 2.82. The summed E-state index contributed by atoms with van der Waals surface area (Å²) in [6, 6.07) is 9.40. The van der Waals surface area contributed by atoms with Gasteiger partial charge in [-0.1, -0.05) is 30.3 Å². The molecule has 0 aliphatic carbocycles. The number of morpholine rings is 1. The van der Waals surface area contributed by atoms with E-state index in [9.17, 15) is 4.79 Å². The fraction of sp³-hybridized carbons (Fsp3) is 0.286. The molecule has 0 bridgehead atoms.